The topological polar surface area (TPSA) is 29.1 Å². The molecule has 1 aliphatic rings. The monoisotopic (exact) mass is 251 g/mol. The van der Waals surface area contributed by atoms with Crippen molar-refractivity contribution in [1.29, 1.82) is 0 Å². The quantitative estimate of drug-likeness (QED) is 0.850. The van der Waals surface area contributed by atoms with Gasteiger partial charge < -0.3 is 5.32 Å². The molecule has 0 bridgehead atoms. The van der Waals surface area contributed by atoms with E-state index in [4.69, 9.17) is 0 Å². The number of nitrogens with one attached hydrogen (secondary N) is 1. The van der Waals surface area contributed by atoms with Gasteiger partial charge in [-0.1, -0.05) is 42.0 Å². The van der Waals surface area contributed by atoms with Gasteiger partial charge in [-0.3, -0.25) is 4.79 Å². The van der Waals surface area contributed by atoms with E-state index >= 15 is 0 Å². The molecule has 0 saturated carbocycles. The zero-order valence-corrected chi connectivity index (χ0v) is 11.1. The number of Topliss-reactive ketones (excluding diaryl/α,β-unsaturated/α-hetero) is 1. The first-order valence-corrected chi connectivity index (χ1v) is 6.63. The molecule has 0 fully saturated rings. The molecule has 0 unspecified atom stereocenters. The number of rotatable bonds is 3. The van der Waals surface area contributed by atoms with Crippen molar-refractivity contribution in [2.75, 3.05) is 0 Å². The zero-order chi connectivity index (χ0) is 13.2. The van der Waals surface area contributed by atoms with E-state index in [1.54, 1.807) is 0 Å². The lowest BCUT2D eigenvalue weighted by Crippen LogP contribution is -2.04. The summed E-state index contributed by atoms with van der Waals surface area (Å²) in [6.45, 7) is 3.85. The van der Waals surface area contributed by atoms with E-state index in [1.807, 2.05) is 24.3 Å². The summed E-state index contributed by atoms with van der Waals surface area (Å²) in [4.78, 5) is 12.3. The maximum atomic E-state index is 12.3. The summed E-state index contributed by atoms with van der Waals surface area (Å²) >= 11 is 0. The first-order chi connectivity index (χ1) is 9.22. The van der Waals surface area contributed by atoms with Crippen LogP contribution < -0.4 is 5.32 Å². The van der Waals surface area contributed by atoms with Gasteiger partial charge in [-0.2, -0.15) is 0 Å². The lowest BCUT2D eigenvalue weighted by atomic mass is 9.99. The first kappa shape index (κ1) is 12.1. The number of aryl methyl sites for hydroxylation is 1. The summed E-state index contributed by atoms with van der Waals surface area (Å²) in [5.41, 5.74) is 5.69. The smallest absolute Gasteiger partial charge is 0.167 e. The van der Waals surface area contributed by atoms with E-state index in [1.165, 1.54) is 16.7 Å². The van der Waals surface area contributed by atoms with Gasteiger partial charge in [0.05, 0.1) is 0 Å². The number of carbonyl (C=O) groups is 1. The molecule has 1 heterocycles. The number of fused-ring (bicyclic) bond motifs is 1. The summed E-state index contributed by atoms with van der Waals surface area (Å²) in [7, 11) is 0. The maximum absolute atomic E-state index is 12.3. The molecule has 1 N–H and O–H groups in total. The van der Waals surface area contributed by atoms with Crippen LogP contribution in [-0.2, 0) is 19.5 Å². The van der Waals surface area contributed by atoms with Crippen molar-refractivity contribution in [2.24, 2.45) is 0 Å². The van der Waals surface area contributed by atoms with Gasteiger partial charge in [-0.15, -0.1) is 0 Å². The molecule has 0 saturated heterocycles. The number of hydrogen-bond acceptors (Lipinski definition) is 2. The Morgan fingerprint density at radius 1 is 1.05 bits per heavy atom. The van der Waals surface area contributed by atoms with Gasteiger partial charge in [0, 0.05) is 25.1 Å². The van der Waals surface area contributed by atoms with Crippen molar-refractivity contribution < 1.29 is 4.79 Å². The van der Waals surface area contributed by atoms with Gasteiger partial charge in [0.2, 0.25) is 0 Å². The summed E-state index contributed by atoms with van der Waals surface area (Å²) in [5.74, 6) is 0.193. The second kappa shape index (κ2) is 4.98. The summed E-state index contributed by atoms with van der Waals surface area (Å²) in [6.07, 6.45) is 0.479. The minimum Gasteiger partial charge on any atom is -0.309 e. The van der Waals surface area contributed by atoms with Gasteiger partial charge in [0.25, 0.3) is 0 Å². The molecule has 0 radical (unpaired) electrons. The summed E-state index contributed by atoms with van der Waals surface area (Å²) in [6, 6.07) is 14.2. The second-order valence-electron chi connectivity index (χ2n) is 5.17. The predicted molar refractivity (Wildman–Crippen MR) is 76.2 cm³/mol. The molecule has 2 heteroatoms. The first-order valence-electron chi connectivity index (χ1n) is 6.63. The van der Waals surface area contributed by atoms with E-state index in [-0.39, 0.29) is 5.78 Å². The Morgan fingerprint density at radius 3 is 2.58 bits per heavy atom. The fourth-order valence-corrected chi connectivity index (χ4v) is 2.46. The molecule has 2 aromatic rings. The highest BCUT2D eigenvalue weighted by molar-refractivity contribution is 5.97. The third-order valence-electron chi connectivity index (χ3n) is 3.64. The van der Waals surface area contributed by atoms with Gasteiger partial charge >= 0.3 is 0 Å². The van der Waals surface area contributed by atoms with Crippen LogP contribution in [0.1, 0.15) is 32.6 Å². The minimum atomic E-state index is 0.193. The third kappa shape index (κ3) is 2.59. The Kier molecular flexibility index (Phi) is 3.18. The fraction of sp³-hybridized carbons (Fsp3) is 0.235. The number of carbonyl (C=O) groups excluding carboxylic acids is 1. The predicted octanol–water partition coefficient (Wildman–Crippen LogP) is 3.02. The Labute approximate surface area is 113 Å². The van der Waals surface area contributed by atoms with Gasteiger partial charge in [-0.25, -0.2) is 0 Å². The van der Waals surface area contributed by atoms with Crippen LogP contribution in [0.4, 0.5) is 0 Å². The molecule has 0 aromatic heterocycles. The van der Waals surface area contributed by atoms with E-state index in [2.05, 4.69) is 30.4 Å². The number of benzene rings is 2. The van der Waals surface area contributed by atoms with Crippen molar-refractivity contribution in [1.82, 2.24) is 5.32 Å². The molecular weight excluding hydrogens is 234 g/mol. The van der Waals surface area contributed by atoms with Gasteiger partial charge in [-0.05, 0) is 29.7 Å². The molecule has 0 aliphatic carbocycles. The SMILES string of the molecule is Cc1ccc(CC(=O)c2ccc3c(c2)CNC3)cc1. The largest absolute Gasteiger partial charge is 0.309 e. The average Bonchev–Trinajstić information content (AvgIpc) is 2.88. The second-order valence-corrected chi connectivity index (χ2v) is 5.17. The van der Waals surface area contributed by atoms with Crippen LogP contribution in [0.15, 0.2) is 42.5 Å². The highest BCUT2D eigenvalue weighted by Crippen LogP contribution is 2.18. The lowest BCUT2D eigenvalue weighted by molar-refractivity contribution is 0.0993. The lowest BCUT2D eigenvalue weighted by Gasteiger charge is -2.04. The Balaban J connectivity index is 1.78. The van der Waals surface area contributed by atoms with Gasteiger partial charge in [0.1, 0.15) is 0 Å². The molecule has 0 spiro atoms. The molecule has 1 aliphatic heterocycles. The van der Waals surface area contributed by atoms with E-state index in [9.17, 15) is 4.79 Å². The van der Waals surface area contributed by atoms with Crippen LogP contribution in [0.25, 0.3) is 0 Å². The van der Waals surface area contributed by atoms with E-state index in [0.29, 0.717) is 6.42 Å². The normalized spacial score (nSPS) is 13.3. The standard InChI is InChI=1S/C17H17NO/c1-12-2-4-13(5-3-12)8-17(19)14-6-7-15-10-18-11-16(15)9-14/h2-7,9,18H,8,10-11H2,1H3. The third-order valence-corrected chi connectivity index (χ3v) is 3.64. The number of ketones is 1. The molecule has 19 heavy (non-hydrogen) atoms. The molecule has 96 valence electrons. The molecular formula is C17H17NO. The van der Waals surface area contributed by atoms with Crippen LogP contribution in [-0.4, -0.2) is 5.78 Å². The highest BCUT2D eigenvalue weighted by Gasteiger charge is 2.13. The minimum absolute atomic E-state index is 0.193. The fourth-order valence-electron chi connectivity index (χ4n) is 2.46. The van der Waals surface area contributed by atoms with Crippen molar-refractivity contribution >= 4 is 5.78 Å². The van der Waals surface area contributed by atoms with Gasteiger partial charge in [0.15, 0.2) is 5.78 Å². The molecule has 3 rings (SSSR count). The van der Waals surface area contributed by atoms with Crippen molar-refractivity contribution in [3.05, 3.63) is 70.3 Å². The van der Waals surface area contributed by atoms with Crippen molar-refractivity contribution in [3.63, 3.8) is 0 Å². The van der Waals surface area contributed by atoms with Crippen LogP contribution in [0, 0.1) is 6.92 Å². The van der Waals surface area contributed by atoms with Crippen LogP contribution >= 0.6 is 0 Å². The molecule has 0 atom stereocenters. The average molecular weight is 251 g/mol. The molecule has 2 nitrogen and oxygen atoms in total. The van der Waals surface area contributed by atoms with Crippen molar-refractivity contribution in [3.8, 4) is 0 Å². The molecule has 0 amide bonds. The Morgan fingerprint density at radius 2 is 1.79 bits per heavy atom. The highest BCUT2D eigenvalue weighted by atomic mass is 16.1. The van der Waals surface area contributed by atoms with Crippen LogP contribution in [0.5, 0.6) is 0 Å². The Hall–Kier alpha value is -1.93. The molecule has 2 aromatic carbocycles. The zero-order valence-electron chi connectivity index (χ0n) is 11.1. The summed E-state index contributed by atoms with van der Waals surface area (Å²) < 4.78 is 0. The maximum Gasteiger partial charge on any atom is 0.167 e. The van der Waals surface area contributed by atoms with Crippen LogP contribution in [0.2, 0.25) is 0 Å². The van der Waals surface area contributed by atoms with E-state index < -0.39 is 0 Å². The Bertz CT molecular complexity index is 614. The number of hydrogen-bond donors (Lipinski definition) is 1. The van der Waals surface area contributed by atoms with Crippen molar-refractivity contribution in [2.45, 2.75) is 26.4 Å². The van der Waals surface area contributed by atoms with Crippen LogP contribution in [0.3, 0.4) is 0 Å². The van der Waals surface area contributed by atoms with E-state index in [0.717, 1.165) is 24.2 Å². The summed E-state index contributed by atoms with van der Waals surface area (Å²) in [5, 5.41) is 3.30.